The quantitative estimate of drug-likeness (QED) is 0.108. The summed E-state index contributed by atoms with van der Waals surface area (Å²) < 4.78 is 20.0. The van der Waals surface area contributed by atoms with Gasteiger partial charge in [-0.15, -0.1) is 0 Å². The van der Waals surface area contributed by atoms with E-state index in [2.05, 4.69) is 41.3 Å². The Balaban J connectivity index is 1.25. The Morgan fingerprint density at radius 3 is 2.66 bits per heavy atom. The number of anilines is 1. The highest BCUT2D eigenvalue weighted by atomic mass is 79.9. The molecule has 0 saturated carbocycles. The number of fused-ring (bicyclic) bond motifs is 2. The van der Waals surface area contributed by atoms with Crippen LogP contribution in [0.25, 0.3) is 22.0 Å². The van der Waals surface area contributed by atoms with Gasteiger partial charge in [0.1, 0.15) is 35.2 Å². The minimum Gasteiger partial charge on any atom is -0.374 e. The van der Waals surface area contributed by atoms with Crippen LogP contribution >= 0.6 is 15.9 Å². The number of halogens is 2. The van der Waals surface area contributed by atoms with Crippen LogP contribution in [0.4, 0.5) is 10.2 Å². The van der Waals surface area contributed by atoms with Gasteiger partial charge in [-0.1, -0.05) is 12.1 Å². The number of Topliss-reactive ketones (excluding diaryl/α,β-unsaturated/α-hetero) is 2. The number of rotatable bonds is 11. The Labute approximate surface area is 261 Å². The van der Waals surface area contributed by atoms with Crippen LogP contribution in [0.2, 0.25) is 0 Å². The number of ether oxygens (including phenoxy) is 1. The van der Waals surface area contributed by atoms with Crippen LogP contribution in [0.5, 0.6) is 0 Å². The number of aromatic nitrogens is 5. The number of nitrogens with one attached hydrogen (secondary N) is 1. The van der Waals surface area contributed by atoms with Crippen molar-refractivity contribution >= 4 is 50.1 Å². The molecule has 0 aliphatic carbocycles. The van der Waals surface area contributed by atoms with Gasteiger partial charge in [0.15, 0.2) is 11.6 Å². The Hall–Kier alpha value is -3.94. The largest absolute Gasteiger partial charge is 0.374 e. The monoisotopic (exact) mass is 663 g/mol. The van der Waals surface area contributed by atoms with Crippen LogP contribution < -0.4 is 5.32 Å². The summed E-state index contributed by atoms with van der Waals surface area (Å²) in [6.45, 7) is 5.31. The third-order valence-electron chi connectivity index (χ3n) is 8.31. The third-order valence-corrected chi connectivity index (χ3v) is 8.76. The number of carbonyl (C=O) groups excluding carboxylic acids is 3. The molecule has 1 N–H and O–H groups in total. The molecule has 4 aromatic rings. The number of piperidine rings is 1. The topological polar surface area (TPSA) is 132 Å². The molecule has 11 nitrogen and oxygen atoms in total. The van der Waals surface area contributed by atoms with E-state index in [4.69, 9.17) is 4.74 Å². The van der Waals surface area contributed by atoms with E-state index >= 15 is 0 Å². The van der Waals surface area contributed by atoms with Gasteiger partial charge in [-0.2, -0.15) is 5.10 Å². The van der Waals surface area contributed by atoms with Crippen LogP contribution in [0.3, 0.4) is 0 Å². The van der Waals surface area contributed by atoms with Crippen molar-refractivity contribution in [2.75, 3.05) is 25.1 Å². The highest BCUT2D eigenvalue weighted by molar-refractivity contribution is 9.10. The molecule has 0 spiro atoms. The number of ketones is 2. The summed E-state index contributed by atoms with van der Waals surface area (Å²) in [6, 6.07) is 8.38. The molecule has 4 atom stereocenters. The van der Waals surface area contributed by atoms with E-state index in [9.17, 15) is 18.8 Å². The van der Waals surface area contributed by atoms with Crippen molar-refractivity contribution in [1.82, 2.24) is 29.6 Å². The van der Waals surface area contributed by atoms with E-state index in [-0.39, 0.29) is 48.5 Å². The molecule has 2 fully saturated rings. The van der Waals surface area contributed by atoms with E-state index in [1.807, 2.05) is 36.9 Å². The second-order valence-corrected chi connectivity index (χ2v) is 12.3. The summed E-state index contributed by atoms with van der Waals surface area (Å²) in [5, 5.41) is 8.06. The van der Waals surface area contributed by atoms with E-state index in [1.54, 1.807) is 29.2 Å². The molecule has 2 aliphatic heterocycles. The van der Waals surface area contributed by atoms with Crippen molar-refractivity contribution in [2.45, 2.75) is 51.9 Å². The van der Waals surface area contributed by atoms with Gasteiger partial charge >= 0.3 is 0 Å². The number of carbonyl (C=O) groups is 3. The van der Waals surface area contributed by atoms with Gasteiger partial charge in [0, 0.05) is 47.9 Å². The van der Waals surface area contributed by atoms with Crippen LogP contribution in [-0.2, 0) is 27.5 Å². The van der Waals surface area contributed by atoms with Crippen molar-refractivity contribution in [3.63, 3.8) is 0 Å². The predicted molar refractivity (Wildman–Crippen MR) is 164 cm³/mol. The summed E-state index contributed by atoms with van der Waals surface area (Å²) in [7, 11) is 0. The molecule has 0 radical (unpaired) electrons. The molecule has 228 valence electrons. The minimum atomic E-state index is -0.664. The SMILES string of the molecule is CC(=O)c1nn(CC(=O)C2[C@@H](C(=O)Nc3nc(Br)ccc3COCCF)C[C@]3(C)CN23)c2ccc(-c3cnc(C)nc3)cc12. The predicted octanol–water partition coefficient (Wildman–Crippen LogP) is 4.32. The zero-order chi connectivity index (χ0) is 31.2. The molecule has 3 aromatic heterocycles. The fourth-order valence-electron chi connectivity index (χ4n) is 6.04. The molecule has 0 bridgehead atoms. The zero-order valence-electron chi connectivity index (χ0n) is 24.5. The van der Waals surface area contributed by atoms with E-state index < -0.39 is 18.6 Å². The number of alkyl halides is 1. The molecule has 6 rings (SSSR count). The maximum absolute atomic E-state index is 13.9. The lowest BCUT2D eigenvalue weighted by Crippen LogP contribution is -2.41. The van der Waals surface area contributed by atoms with Crippen LogP contribution in [0, 0.1) is 12.8 Å². The van der Waals surface area contributed by atoms with Crippen LogP contribution in [0.1, 0.15) is 42.1 Å². The van der Waals surface area contributed by atoms with Crippen LogP contribution in [-0.4, -0.2) is 78.5 Å². The fraction of sp³-hybridized carbons (Fsp3) is 0.387. The molecule has 2 saturated heterocycles. The summed E-state index contributed by atoms with van der Waals surface area (Å²) in [6.07, 6.45) is 3.96. The molecule has 2 aliphatic rings. The lowest BCUT2D eigenvalue weighted by atomic mass is 9.90. The van der Waals surface area contributed by atoms with Gasteiger partial charge in [-0.3, -0.25) is 24.0 Å². The first-order valence-corrected chi connectivity index (χ1v) is 15.1. The van der Waals surface area contributed by atoms with E-state index in [0.29, 0.717) is 45.7 Å². The highest BCUT2D eigenvalue weighted by Gasteiger charge is 2.64. The first-order chi connectivity index (χ1) is 21.1. The Kier molecular flexibility index (Phi) is 8.12. The zero-order valence-corrected chi connectivity index (χ0v) is 26.1. The molecule has 1 aromatic carbocycles. The maximum Gasteiger partial charge on any atom is 0.230 e. The summed E-state index contributed by atoms with van der Waals surface area (Å²) in [5.41, 5.74) is 2.89. The normalized spacial score (nSPS) is 22.2. The number of nitrogens with zero attached hydrogens (tertiary/aromatic N) is 6. The van der Waals surface area contributed by atoms with E-state index in [0.717, 1.165) is 11.1 Å². The third kappa shape index (κ3) is 5.78. The summed E-state index contributed by atoms with van der Waals surface area (Å²) >= 11 is 3.34. The maximum atomic E-state index is 13.9. The Bertz CT molecular complexity index is 1780. The Morgan fingerprint density at radius 2 is 1.93 bits per heavy atom. The Morgan fingerprint density at radius 1 is 1.16 bits per heavy atom. The lowest BCUT2D eigenvalue weighted by molar-refractivity contribution is -0.129. The smallest absolute Gasteiger partial charge is 0.230 e. The molecule has 2 unspecified atom stereocenters. The number of pyridine rings is 1. The van der Waals surface area contributed by atoms with Crippen molar-refractivity contribution in [3.8, 4) is 11.1 Å². The average molecular weight is 665 g/mol. The number of hydrogen-bond acceptors (Lipinski definition) is 9. The molecule has 13 heteroatoms. The van der Waals surface area contributed by atoms with Gasteiger partial charge in [-0.05, 0) is 60.0 Å². The van der Waals surface area contributed by atoms with Crippen molar-refractivity contribution < 1.29 is 23.5 Å². The van der Waals surface area contributed by atoms with Crippen molar-refractivity contribution in [1.29, 1.82) is 0 Å². The second-order valence-electron chi connectivity index (χ2n) is 11.5. The van der Waals surface area contributed by atoms with Gasteiger partial charge in [0.2, 0.25) is 5.91 Å². The van der Waals surface area contributed by atoms with Crippen molar-refractivity contribution in [2.24, 2.45) is 5.92 Å². The molecule has 5 heterocycles. The summed E-state index contributed by atoms with van der Waals surface area (Å²) in [4.78, 5) is 55.1. The number of amides is 1. The van der Waals surface area contributed by atoms with Crippen LogP contribution in [0.15, 0.2) is 47.3 Å². The first-order valence-electron chi connectivity index (χ1n) is 14.3. The number of aryl methyl sites for hydroxylation is 1. The molecular weight excluding hydrogens is 633 g/mol. The van der Waals surface area contributed by atoms with Gasteiger partial charge in [0.25, 0.3) is 0 Å². The highest BCUT2D eigenvalue weighted by Crippen LogP contribution is 2.50. The fourth-order valence-corrected chi connectivity index (χ4v) is 6.35. The standard InChI is InChI=1S/C31H31BrFN7O4/c1-17(41)27-22-10-19(21-12-34-18(2)35-13-21)4-6-24(22)40(38-27)14-25(42)28-23(11-31(3)16-39(28)31)30(43)37-29-20(15-44-9-8-33)5-7-26(32)36-29/h4-7,10,12-13,23,28H,8-9,11,14-16H2,1-3H3,(H,36,37,43)/t23-,28?,31+,39?/m0/s1. The molecule has 44 heavy (non-hydrogen) atoms. The van der Waals surface area contributed by atoms with Gasteiger partial charge in [-0.25, -0.2) is 19.3 Å². The summed E-state index contributed by atoms with van der Waals surface area (Å²) in [5.74, 6) is -0.381. The van der Waals surface area contributed by atoms with Crippen molar-refractivity contribution in [3.05, 3.63) is 64.4 Å². The average Bonchev–Trinajstić information content (AvgIpc) is 3.35. The number of hydrogen-bond donors (Lipinski definition) is 1. The van der Waals surface area contributed by atoms with Gasteiger partial charge in [0.05, 0.1) is 30.7 Å². The minimum absolute atomic E-state index is 0.0644. The van der Waals surface area contributed by atoms with Gasteiger partial charge < -0.3 is 10.1 Å². The second kappa shape index (κ2) is 11.9. The molecular formula is C31H31BrFN7O4. The van der Waals surface area contributed by atoms with E-state index in [1.165, 1.54) is 6.92 Å². The molecule has 1 amide bonds. The lowest BCUT2D eigenvalue weighted by Gasteiger charge is -2.22. The number of benzene rings is 1. The first kappa shape index (κ1) is 30.1.